The standard InChI is InChI=1S/C17H14Cl2N4O/c1-10-12(18)7-5-8-14(10)20-17(24)16-11(2)23(22-21-16)15-9-4-3-6-13(15)19/h3-9H,1-2H3,(H,20,24). The van der Waals surface area contributed by atoms with Crippen LogP contribution in [0, 0.1) is 13.8 Å². The summed E-state index contributed by atoms with van der Waals surface area (Å²) in [7, 11) is 0. The molecule has 24 heavy (non-hydrogen) atoms. The molecule has 0 radical (unpaired) electrons. The highest BCUT2D eigenvalue weighted by atomic mass is 35.5. The molecular weight excluding hydrogens is 347 g/mol. The van der Waals surface area contributed by atoms with E-state index in [2.05, 4.69) is 15.6 Å². The van der Waals surface area contributed by atoms with Crippen LogP contribution in [0.2, 0.25) is 10.0 Å². The fourth-order valence-electron chi connectivity index (χ4n) is 2.32. The molecule has 3 aromatic rings. The minimum Gasteiger partial charge on any atom is -0.320 e. The van der Waals surface area contributed by atoms with Gasteiger partial charge in [0.05, 0.1) is 16.4 Å². The van der Waals surface area contributed by atoms with Crippen LogP contribution in [0.25, 0.3) is 5.69 Å². The van der Waals surface area contributed by atoms with Gasteiger partial charge in [0.25, 0.3) is 5.91 Å². The predicted octanol–water partition coefficient (Wildman–Crippen LogP) is 4.44. The minimum atomic E-state index is -0.351. The summed E-state index contributed by atoms with van der Waals surface area (Å²) < 4.78 is 1.54. The van der Waals surface area contributed by atoms with Crippen molar-refractivity contribution in [2.24, 2.45) is 0 Å². The summed E-state index contributed by atoms with van der Waals surface area (Å²) in [6.45, 7) is 3.61. The van der Waals surface area contributed by atoms with Crippen molar-refractivity contribution in [1.82, 2.24) is 15.0 Å². The maximum Gasteiger partial charge on any atom is 0.278 e. The second-order valence-electron chi connectivity index (χ2n) is 5.25. The molecule has 1 heterocycles. The molecule has 1 aromatic heterocycles. The number of benzene rings is 2. The molecule has 0 unspecified atom stereocenters. The van der Waals surface area contributed by atoms with Gasteiger partial charge in [-0.05, 0) is 43.7 Å². The number of aromatic nitrogens is 3. The number of nitrogens with one attached hydrogen (secondary N) is 1. The number of hydrogen-bond acceptors (Lipinski definition) is 3. The lowest BCUT2D eigenvalue weighted by Crippen LogP contribution is -2.15. The Hall–Kier alpha value is -2.37. The molecule has 0 spiro atoms. The van der Waals surface area contributed by atoms with Gasteiger partial charge in [0.1, 0.15) is 0 Å². The molecule has 122 valence electrons. The summed E-state index contributed by atoms with van der Waals surface area (Å²) in [5, 5.41) is 12.0. The maximum absolute atomic E-state index is 12.5. The maximum atomic E-state index is 12.5. The molecule has 5 nitrogen and oxygen atoms in total. The topological polar surface area (TPSA) is 59.8 Å². The zero-order valence-corrected chi connectivity index (χ0v) is 14.6. The van der Waals surface area contributed by atoms with E-state index in [1.165, 1.54) is 0 Å². The zero-order chi connectivity index (χ0) is 17.3. The van der Waals surface area contributed by atoms with Crippen LogP contribution < -0.4 is 5.32 Å². The highest BCUT2D eigenvalue weighted by Gasteiger charge is 2.19. The van der Waals surface area contributed by atoms with Crippen molar-refractivity contribution in [1.29, 1.82) is 0 Å². The van der Waals surface area contributed by atoms with Crippen LogP contribution in [0.1, 0.15) is 21.7 Å². The van der Waals surface area contributed by atoms with E-state index in [1.807, 2.05) is 25.1 Å². The third kappa shape index (κ3) is 3.00. The van der Waals surface area contributed by atoms with Crippen molar-refractivity contribution in [3.63, 3.8) is 0 Å². The SMILES string of the molecule is Cc1c(Cl)cccc1NC(=O)c1nnn(-c2ccccc2Cl)c1C. The van der Waals surface area contributed by atoms with Gasteiger partial charge in [-0.3, -0.25) is 4.79 Å². The number of halogens is 2. The molecule has 0 atom stereocenters. The number of nitrogens with zero attached hydrogens (tertiary/aromatic N) is 3. The fourth-order valence-corrected chi connectivity index (χ4v) is 2.71. The molecule has 0 fully saturated rings. The molecule has 1 N–H and O–H groups in total. The molecule has 0 saturated carbocycles. The first kappa shape index (κ1) is 16.5. The Bertz CT molecular complexity index is 921. The number of carbonyl (C=O) groups is 1. The largest absolute Gasteiger partial charge is 0.320 e. The number of para-hydroxylation sites is 1. The average Bonchev–Trinajstić information content (AvgIpc) is 2.94. The van der Waals surface area contributed by atoms with Gasteiger partial charge in [-0.25, -0.2) is 4.68 Å². The van der Waals surface area contributed by atoms with E-state index >= 15 is 0 Å². The van der Waals surface area contributed by atoms with Gasteiger partial charge < -0.3 is 5.32 Å². The van der Waals surface area contributed by atoms with Gasteiger partial charge in [0.2, 0.25) is 0 Å². The molecule has 7 heteroatoms. The Morgan fingerprint density at radius 2 is 1.75 bits per heavy atom. The molecule has 3 rings (SSSR count). The molecule has 2 aromatic carbocycles. The van der Waals surface area contributed by atoms with Crippen molar-refractivity contribution >= 4 is 34.8 Å². The summed E-state index contributed by atoms with van der Waals surface area (Å²) in [6, 6.07) is 12.6. The third-order valence-electron chi connectivity index (χ3n) is 3.71. The second-order valence-corrected chi connectivity index (χ2v) is 6.07. The quantitative estimate of drug-likeness (QED) is 0.750. The highest BCUT2D eigenvalue weighted by molar-refractivity contribution is 6.32. The monoisotopic (exact) mass is 360 g/mol. The van der Waals surface area contributed by atoms with E-state index in [-0.39, 0.29) is 11.6 Å². The van der Waals surface area contributed by atoms with Gasteiger partial charge in [-0.1, -0.05) is 46.6 Å². The summed E-state index contributed by atoms with van der Waals surface area (Å²) in [5.74, 6) is -0.351. The van der Waals surface area contributed by atoms with Crippen LogP contribution in [0.3, 0.4) is 0 Å². The normalized spacial score (nSPS) is 10.7. The summed E-state index contributed by atoms with van der Waals surface area (Å²) >= 11 is 12.3. The number of anilines is 1. The highest BCUT2D eigenvalue weighted by Crippen LogP contribution is 2.24. The smallest absolute Gasteiger partial charge is 0.278 e. The minimum absolute atomic E-state index is 0.231. The van der Waals surface area contributed by atoms with Crippen LogP contribution in [0.15, 0.2) is 42.5 Å². The van der Waals surface area contributed by atoms with Crippen LogP contribution >= 0.6 is 23.2 Å². The Kier molecular flexibility index (Phi) is 4.55. The van der Waals surface area contributed by atoms with Crippen molar-refractivity contribution in [3.8, 4) is 5.69 Å². The third-order valence-corrected chi connectivity index (χ3v) is 4.44. The molecule has 0 aliphatic carbocycles. The molecule has 0 aliphatic heterocycles. The Morgan fingerprint density at radius 1 is 1.04 bits per heavy atom. The Morgan fingerprint density at radius 3 is 2.50 bits per heavy atom. The van der Waals surface area contributed by atoms with Crippen LogP contribution in [0.4, 0.5) is 5.69 Å². The van der Waals surface area contributed by atoms with Gasteiger partial charge in [0.15, 0.2) is 5.69 Å². The lowest BCUT2D eigenvalue weighted by molar-refractivity contribution is 0.102. The summed E-state index contributed by atoms with van der Waals surface area (Å²) in [4.78, 5) is 12.5. The molecule has 0 bridgehead atoms. The summed E-state index contributed by atoms with van der Waals surface area (Å²) in [5.41, 5.74) is 2.93. The van der Waals surface area contributed by atoms with E-state index in [0.29, 0.717) is 27.1 Å². The molecule has 0 saturated heterocycles. The number of amides is 1. The van der Waals surface area contributed by atoms with Gasteiger partial charge >= 0.3 is 0 Å². The lowest BCUT2D eigenvalue weighted by Gasteiger charge is -2.09. The van der Waals surface area contributed by atoms with Crippen LogP contribution in [-0.2, 0) is 0 Å². The Labute approximate surface area is 149 Å². The van der Waals surface area contributed by atoms with E-state index in [0.717, 1.165) is 5.56 Å². The van der Waals surface area contributed by atoms with Gasteiger partial charge in [-0.15, -0.1) is 5.10 Å². The average molecular weight is 361 g/mol. The Balaban J connectivity index is 1.92. The molecule has 1 amide bonds. The van der Waals surface area contributed by atoms with E-state index in [9.17, 15) is 4.79 Å². The molecule has 0 aliphatic rings. The van der Waals surface area contributed by atoms with Crippen LogP contribution in [-0.4, -0.2) is 20.9 Å². The number of rotatable bonds is 3. The summed E-state index contributed by atoms with van der Waals surface area (Å²) in [6.07, 6.45) is 0. The molecular formula is C17H14Cl2N4O. The first-order valence-electron chi connectivity index (χ1n) is 7.22. The van der Waals surface area contributed by atoms with Crippen molar-refractivity contribution in [2.75, 3.05) is 5.32 Å². The van der Waals surface area contributed by atoms with Crippen molar-refractivity contribution < 1.29 is 4.79 Å². The number of carbonyl (C=O) groups excluding carboxylic acids is 1. The zero-order valence-electron chi connectivity index (χ0n) is 13.0. The second kappa shape index (κ2) is 6.63. The number of hydrogen-bond donors (Lipinski definition) is 1. The first-order chi connectivity index (χ1) is 11.5. The van der Waals surface area contributed by atoms with E-state index < -0.39 is 0 Å². The van der Waals surface area contributed by atoms with E-state index in [4.69, 9.17) is 23.2 Å². The lowest BCUT2D eigenvalue weighted by atomic mass is 10.2. The van der Waals surface area contributed by atoms with Gasteiger partial charge in [-0.2, -0.15) is 0 Å². The van der Waals surface area contributed by atoms with Crippen LogP contribution in [0.5, 0.6) is 0 Å². The fraction of sp³-hybridized carbons (Fsp3) is 0.118. The first-order valence-corrected chi connectivity index (χ1v) is 7.98. The van der Waals surface area contributed by atoms with Crippen molar-refractivity contribution in [3.05, 3.63) is 69.5 Å². The predicted molar refractivity (Wildman–Crippen MR) is 95.2 cm³/mol. The van der Waals surface area contributed by atoms with E-state index in [1.54, 1.807) is 35.9 Å². The van der Waals surface area contributed by atoms with Gasteiger partial charge in [0, 0.05) is 10.7 Å². The van der Waals surface area contributed by atoms with Crippen molar-refractivity contribution in [2.45, 2.75) is 13.8 Å².